The summed E-state index contributed by atoms with van der Waals surface area (Å²) >= 11 is 0. The van der Waals surface area contributed by atoms with Crippen LogP contribution >= 0.6 is 24.0 Å². The lowest BCUT2D eigenvalue weighted by molar-refractivity contribution is 0.357. The Labute approximate surface area is 173 Å². The number of benzene rings is 2. The molecular weight excluding hydrogens is 437 g/mol. The van der Waals surface area contributed by atoms with Crippen LogP contribution in [0.1, 0.15) is 35.2 Å². The smallest absolute Gasteiger partial charge is 0.191 e. The molecule has 1 aliphatic heterocycles. The molecule has 1 heterocycles. The Kier molecular flexibility index (Phi) is 7.75. The van der Waals surface area contributed by atoms with E-state index in [2.05, 4.69) is 71.9 Å². The zero-order valence-electron chi connectivity index (χ0n) is 15.7. The van der Waals surface area contributed by atoms with Crippen molar-refractivity contribution in [3.8, 4) is 5.75 Å². The van der Waals surface area contributed by atoms with Gasteiger partial charge in [-0.15, -0.1) is 24.0 Å². The second-order valence-corrected chi connectivity index (χ2v) is 6.51. The third-order valence-electron chi connectivity index (χ3n) is 4.69. The van der Waals surface area contributed by atoms with E-state index >= 15 is 0 Å². The van der Waals surface area contributed by atoms with Crippen molar-refractivity contribution in [3.05, 3.63) is 64.7 Å². The van der Waals surface area contributed by atoms with E-state index in [-0.39, 0.29) is 30.0 Å². The maximum absolute atomic E-state index is 5.56. The van der Waals surface area contributed by atoms with Crippen LogP contribution in [0, 0.1) is 6.92 Å². The van der Waals surface area contributed by atoms with Gasteiger partial charge >= 0.3 is 0 Å². The lowest BCUT2D eigenvalue weighted by Gasteiger charge is -2.20. The summed E-state index contributed by atoms with van der Waals surface area (Å²) in [4.78, 5) is 4.35. The average Bonchev–Trinajstić information content (AvgIpc) is 3.09. The molecule has 140 valence electrons. The Bertz CT molecular complexity index is 761. The Morgan fingerprint density at radius 3 is 2.81 bits per heavy atom. The van der Waals surface area contributed by atoms with Crippen molar-refractivity contribution in [2.24, 2.45) is 4.99 Å². The first-order valence-electron chi connectivity index (χ1n) is 8.94. The number of fused-ring (bicyclic) bond motifs is 1. The number of aryl methyl sites for hydroxylation is 1. The van der Waals surface area contributed by atoms with Crippen molar-refractivity contribution in [2.45, 2.75) is 32.7 Å². The van der Waals surface area contributed by atoms with Crippen LogP contribution in [-0.4, -0.2) is 26.2 Å². The van der Waals surface area contributed by atoms with E-state index in [0.29, 0.717) is 0 Å². The second-order valence-electron chi connectivity index (χ2n) is 6.51. The Hall–Kier alpha value is -1.76. The van der Waals surface area contributed by atoms with Gasteiger partial charge in [-0.1, -0.05) is 36.4 Å². The minimum atomic E-state index is 0. The number of halogens is 1. The minimum Gasteiger partial charge on any atom is -0.493 e. The van der Waals surface area contributed by atoms with E-state index in [1.807, 2.05) is 7.05 Å². The molecule has 2 N–H and O–H groups in total. The summed E-state index contributed by atoms with van der Waals surface area (Å²) in [6.45, 7) is 5.96. The maximum atomic E-state index is 5.56. The number of nitrogens with one attached hydrogen (secondary N) is 2. The van der Waals surface area contributed by atoms with Crippen LogP contribution in [0.15, 0.2) is 47.5 Å². The quantitative estimate of drug-likeness (QED) is 0.399. The van der Waals surface area contributed by atoms with Gasteiger partial charge in [-0.05, 0) is 48.6 Å². The predicted octanol–water partition coefficient (Wildman–Crippen LogP) is 4.02. The van der Waals surface area contributed by atoms with E-state index < -0.39 is 0 Å². The fraction of sp³-hybridized carbons (Fsp3) is 0.381. The lowest BCUT2D eigenvalue weighted by atomic mass is 10.0. The Morgan fingerprint density at radius 1 is 1.23 bits per heavy atom. The van der Waals surface area contributed by atoms with Gasteiger partial charge in [-0.3, -0.25) is 4.99 Å². The molecule has 0 amide bonds. The zero-order valence-corrected chi connectivity index (χ0v) is 18.0. The summed E-state index contributed by atoms with van der Waals surface area (Å²) in [6.07, 6.45) is 1.99. The number of rotatable bonds is 5. The van der Waals surface area contributed by atoms with E-state index in [0.717, 1.165) is 37.7 Å². The first-order valence-corrected chi connectivity index (χ1v) is 8.94. The zero-order chi connectivity index (χ0) is 17.6. The first-order chi connectivity index (χ1) is 12.2. The highest BCUT2D eigenvalue weighted by Crippen LogP contribution is 2.25. The van der Waals surface area contributed by atoms with Gasteiger partial charge in [0.25, 0.3) is 0 Å². The molecule has 1 aliphatic rings. The number of hydrogen-bond donors (Lipinski definition) is 2. The van der Waals surface area contributed by atoms with Gasteiger partial charge < -0.3 is 15.4 Å². The largest absolute Gasteiger partial charge is 0.493 e. The highest BCUT2D eigenvalue weighted by molar-refractivity contribution is 14.0. The van der Waals surface area contributed by atoms with Crippen LogP contribution in [0.4, 0.5) is 0 Å². The molecule has 2 aromatic rings. The highest BCUT2D eigenvalue weighted by atomic mass is 127. The molecule has 2 aromatic carbocycles. The van der Waals surface area contributed by atoms with Gasteiger partial charge in [-0.2, -0.15) is 0 Å². The normalized spacial score (nSPS) is 14.0. The van der Waals surface area contributed by atoms with Crippen LogP contribution in [-0.2, 0) is 12.8 Å². The number of aliphatic imine (C=N–C) groups is 1. The number of ether oxygens (including phenoxy) is 1. The maximum Gasteiger partial charge on any atom is 0.191 e. The van der Waals surface area contributed by atoms with Crippen molar-refractivity contribution < 1.29 is 4.74 Å². The molecule has 0 aliphatic carbocycles. The van der Waals surface area contributed by atoms with E-state index in [1.54, 1.807) is 0 Å². The molecule has 0 radical (unpaired) electrons. The number of nitrogens with zero attached hydrogens (tertiary/aromatic N) is 1. The highest BCUT2D eigenvalue weighted by Gasteiger charge is 2.12. The summed E-state index contributed by atoms with van der Waals surface area (Å²) in [5.74, 6) is 1.88. The first kappa shape index (κ1) is 20.6. The van der Waals surface area contributed by atoms with Gasteiger partial charge in [0, 0.05) is 20.0 Å². The number of hydrogen-bond acceptors (Lipinski definition) is 2. The van der Waals surface area contributed by atoms with Crippen LogP contribution < -0.4 is 15.4 Å². The van der Waals surface area contributed by atoms with E-state index in [4.69, 9.17) is 4.74 Å². The van der Waals surface area contributed by atoms with Crippen molar-refractivity contribution in [2.75, 3.05) is 20.2 Å². The minimum absolute atomic E-state index is 0. The summed E-state index contributed by atoms with van der Waals surface area (Å²) in [7, 11) is 1.81. The van der Waals surface area contributed by atoms with Gasteiger partial charge in [0.2, 0.25) is 0 Å². The van der Waals surface area contributed by atoms with Crippen LogP contribution in [0.3, 0.4) is 0 Å². The topological polar surface area (TPSA) is 45.7 Å². The molecule has 26 heavy (non-hydrogen) atoms. The molecule has 1 atom stereocenters. The molecule has 0 aromatic heterocycles. The molecular formula is C21H28IN3O. The van der Waals surface area contributed by atoms with Crippen molar-refractivity contribution >= 4 is 29.9 Å². The molecule has 0 bridgehead atoms. The molecule has 1 unspecified atom stereocenters. The Morgan fingerprint density at radius 2 is 2.04 bits per heavy atom. The molecule has 0 saturated carbocycles. The predicted molar refractivity (Wildman–Crippen MR) is 119 cm³/mol. The van der Waals surface area contributed by atoms with Gasteiger partial charge in [0.15, 0.2) is 5.96 Å². The Balaban J connectivity index is 0.00000243. The molecule has 0 fully saturated rings. The lowest BCUT2D eigenvalue weighted by Crippen LogP contribution is -2.39. The van der Waals surface area contributed by atoms with Crippen LogP contribution in [0.5, 0.6) is 5.75 Å². The molecule has 3 rings (SSSR count). The fourth-order valence-corrected chi connectivity index (χ4v) is 3.27. The molecule has 4 nitrogen and oxygen atoms in total. The fourth-order valence-electron chi connectivity index (χ4n) is 3.27. The van der Waals surface area contributed by atoms with E-state index in [9.17, 15) is 0 Å². The third kappa shape index (κ3) is 5.13. The summed E-state index contributed by atoms with van der Waals surface area (Å²) < 4.78 is 5.56. The molecule has 0 spiro atoms. The second kappa shape index (κ2) is 9.80. The van der Waals surface area contributed by atoms with Crippen LogP contribution in [0.2, 0.25) is 0 Å². The number of guanidine groups is 1. The average molecular weight is 465 g/mol. The van der Waals surface area contributed by atoms with Crippen LogP contribution in [0.25, 0.3) is 0 Å². The molecule has 0 saturated heterocycles. The summed E-state index contributed by atoms with van der Waals surface area (Å²) in [5.41, 5.74) is 5.25. The van der Waals surface area contributed by atoms with Crippen molar-refractivity contribution in [1.29, 1.82) is 0 Å². The summed E-state index contributed by atoms with van der Waals surface area (Å²) in [5, 5.41) is 6.88. The third-order valence-corrected chi connectivity index (χ3v) is 4.69. The van der Waals surface area contributed by atoms with Gasteiger partial charge in [0.1, 0.15) is 5.75 Å². The molecule has 5 heteroatoms. The van der Waals surface area contributed by atoms with Crippen molar-refractivity contribution in [3.63, 3.8) is 0 Å². The van der Waals surface area contributed by atoms with Gasteiger partial charge in [0.05, 0.1) is 12.6 Å². The standard InChI is InChI=1S/C21H27N3O.HI/c1-15-6-4-5-7-19(15)16(2)24-21(22-3)23-12-10-17-8-9-20-18(14-17)11-13-25-20;/h4-9,14,16H,10-13H2,1-3H3,(H2,22,23,24);1H. The summed E-state index contributed by atoms with van der Waals surface area (Å²) in [6, 6.07) is 15.2. The van der Waals surface area contributed by atoms with Gasteiger partial charge in [-0.25, -0.2) is 0 Å². The van der Waals surface area contributed by atoms with Crippen molar-refractivity contribution in [1.82, 2.24) is 10.6 Å². The SMILES string of the molecule is CN=C(NCCc1ccc2c(c1)CCO2)NC(C)c1ccccc1C.I. The van der Waals surface area contributed by atoms with E-state index in [1.165, 1.54) is 22.3 Å². The monoisotopic (exact) mass is 465 g/mol.